The molecule has 0 saturated carbocycles. The van der Waals surface area contributed by atoms with Crippen LogP contribution >= 0.6 is 0 Å². The van der Waals surface area contributed by atoms with Crippen LogP contribution < -0.4 is 15.8 Å². The number of amides is 1. The van der Waals surface area contributed by atoms with Crippen LogP contribution in [0, 0.1) is 0 Å². The summed E-state index contributed by atoms with van der Waals surface area (Å²) >= 11 is 0. The molecule has 1 aromatic heterocycles. The first-order valence-corrected chi connectivity index (χ1v) is 6.72. The van der Waals surface area contributed by atoms with E-state index in [-0.39, 0.29) is 18.6 Å². The smallest absolute Gasteiger partial charge is 0.257 e. The van der Waals surface area contributed by atoms with Gasteiger partial charge in [-0.15, -0.1) is 0 Å². The SMILES string of the molecule is CNC(=O)COc1cc(-c2cnn(C)c2)cc([C@@H](C)N)c1. The minimum Gasteiger partial charge on any atom is -0.484 e. The molecule has 6 nitrogen and oxygen atoms in total. The van der Waals surface area contributed by atoms with Crippen molar-refractivity contribution in [1.82, 2.24) is 15.1 Å². The van der Waals surface area contributed by atoms with Crippen LogP contribution in [-0.4, -0.2) is 29.3 Å². The van der Waals surface area contributed by atoms with Gasteiger partial charge in [-0.05, 0) is 36.2 Å². The van der Waals surface area contributed by atoms with Crippen LogP contribution in [-0.2, 0) is 11.8 Å². The third kappa shape index (κ3) is 3.82. The van der Waals surface area contributed by atoms with Gasteiger partial charge in [0, 0.05) is 31.9 Å². The highest BCUT2D eigenvalue weighted by Crippen LogP contribution is 2.28. The fourth-order valence-electron chi connectivity index (χ4n) is 1.93. The Balaban J connectivity index is 2.32. The fourth-order valence-corrected chi connectivity index (χ4v) is 1.93. The van der Waals surface area contributed by atoms with Crippen LogP contribution in [0.2, 0.25) is 0 Å². The van der Waals surface area contributed by atoms with Gasteiger partial charge in [0.05, 0.1) is 6.20 Å². The van der Waals surface area contributed by atoms with Crippen LogP contribution in [0.4, 0.5) is 0 Å². The summed E-state index contributed by atoms with van der Waals surface area (Å²) < 4.78 is 7.26. The van der Waals surface area contributed by atoms with Gasteiger partial charge in [-0.25, -0.2) is 0 Å². The first-order valence-electron chi connectivity index (χ1n) is 6.72. The number of ether oxygens (including phenoxy) is 1. The van der Waals surface area contributed by atoms with Crippen molar-refractivity contribution in [2.45, 2.75) is 13.0 Å². The lowest BCUT2D eigenvalue weighted by molar-refractivity contribution is -0.122. The summed E-state index contributed by atoms with van der Waals surface area (Å²) in [5.41, 5.74) is 8.85. The molecule has 0 saturated heterocycles. The van der Waals surface area contributed by atoms with E-state index in [4.69, 9.17) is 10.5 Å². The molecule has 0 spiro atoms. The molecule has 3 N–H and O–H groups in total. The van der Waals surface area contributed by atoms with Crippen LogP contribution in [0.1, 0.15) is 18.5 Å². The number of carbonyl (C=O) groups excluding carboxylic acids is 1. The predicted octanol–water partition coefficient (Wildman–Crippen LogP) is 1.23. The number of hydrogen-bond donors (Lipinski definition) is 2. The topological polar surface area (TPSA) is 82.2 Å². The Bertz CT molecular complexity index is 634. The number of aromatic nitrogens is 2. The molecule has 0 aliphatic rings. The van der Waals surface area contributed by atoms with Crippen molar-refractivity contribution >= 4 is 5.91 Å². The maximum absolute atomic E-state index is 11.3. The first kappa shape index (κ1) is 15.1. The molecule has 112 valence electrons. The number of hydrogen-bond acceptors (Lipinski definition) is 4. The number of rotatable bonds is 5. The van der Waals surface area contributed by atoms with E-state index in [1.54, 1.807) is 17.9 Å². The summed E-state index contributed by atoms with van der Waals surface area (Å²) in [5, 5.41) is 6.69. The van der Waals surface area contributed by atoms with E-state index >= 15 is 0 Å². The van der Waals surface area contributed by atoms with E-state index in [0.29, 0.717) is 5.75 Å². The summed E-state index contributed by atoms with van der Waals surface area (Å²) in [4.78, 5) is 11.3. The lowest BCUT2D eigenvalue weighted by Crippen LogP contribution is -2.24. The lowest BCUT2D eigenvalue weighted by Gasteiger charge is -2.12. The number of nitrogens with one attached hydrogen (secondary N) is 1. The van der Waals surface area contributed by atoms with E-state index in [2.05, 4.69) is 10.4 Å². The zero-order chi connectivity index (χ0) is 15.4. The second-order valence-corrected chi connectivity index (χ2v) is 4.94. The average molecular weight is 288 g/mol. The van der Waals surface area contributed by atoms with Gasteiger partial charge in [-0.3, -0.25) is 9.48 Å². The van der Waals surface area contributed by atoms with Gasteiger partial charge in [0.2, 0.25) is 0 Å². The Kier molecular flexibility index (Phi) is 4.59. The van der Waals surface area contributed by atoms with E-state index in [0.717, 1.165) is 16.7 Å². The Morgan fingerprint density at radius 1 is 1.43 bits per heavy atom. The highest BCUT2D eigenvalue weighted by molar-refractivity contribution is 5.77. The van der Waals surface area contributed by atoms with Gasteiger partial charge in [0.15, 0.2) is 6.61 Å². The molecule has 0 bridgehead atoms. The number of nitrogens with two attached hydrogens (primary N) is 1. The van der Waals surface area contributed by atoms with Crippen molar-refractivity contribution in [2.24, 2.45) is 12.8 Å². The third-order valence-electron chi connectivity index (χ3n) is 3.14. The molecular formula is C15H20N4O2. The molecule has 0 aliphatic heterocycles. The van der Waals surface area contributed by atoms with E-state index in [1.807, 2.05) is 38.4 Å². The molecule has 1 amide bonds. The summed E-state index contributed by atoms with van der Waals surface area (Å²) in [5.74, 6) is 0.441. The van der Waals surface area contributed by atoms with Crippen molar-refractivity contribution < 1.29 is 9.53 Å². The van der Waals surface area contributed by atoms with E-state index in [9.17, 15) is 4.79 Å². The van der Waals surface area contributed by atoms with Gasteiger partial charge in [0.25, 0.3) is 5.91 Å². The highest BCUT2D eigenvalue weighted by Gasteiger charge is 2.09. The van der Waals surface area contributed by atoms with Gasteiger partial charge < -0.3 is 15.8 Å². The average Bonchev–Trinajstić information content (AvgIpc) is 2.91. The molecule has 6 heteroatoms. The molecule has 1 heterocycles. The summed E-state index contributed by atoms with van der Waals surface area (Å²) in [7, 11) is 3.44. The Morgan fingerprint density at radius 3 is 2.76 bits per heavy atom. The van der Waals surface area contributed by atoms with Crippen LogP contribution in [0.5, 0.6) is 5.75 Å². The minimum atomic E-state index is -0.177. The maximum atomic E-state index is 11.3. The van der Waals surface area contributed by atoms with Crippen molar-refractivity contribution in [3.8, 4) is 16.9 Å². The Labute approximate surface area is 123 Å². The molecule has 21 heavy (non-hydrogen) atoms. The number of likely N-dealkylation sites (N-methyl/N-ethyl adjacent to an activating group) is 1. The minimum absolute atomic E-state index is 0.0224. The van der Waals surface area contributed by atoms with Crippen LogP contribution in [0.15, 0.2) is 30.6 Å². The molecule has 0 unspecified atom stereocenters. The Hall–Kier alpha value is -2.34. The highest BCUT2D eigenvalue weighted by atomic mass is 16.5. The molecule has 2 aromatic rings. The summed E-state index contributed by atoms with van der Waals surface area (Å²) in [6.45, 7) is 1.89. The van der Waals surface area contributed by atoms with Gasteiger partial charge >= 0.3 is 0 Å². The van der Waals surface area contributed by atoms with Crippen LogP contribution in [0.25, 0.3) is 11.1 Å². The maximum Gasteiger partial charge on any atom is 0.257 e. The van der Waals surface area contributed by atoms with Crippen LogP contribution in [0.3, 0.4) is 0 Å². The monoisotopic (exact) mass is 288 g/mol. The largest absolute Gasteiger partial charge is 0.484 e. The van der Waals surface area contributed by atoms with E-state index in [1.165, 1.54) is 0 Å². The standard InChI is InChI=1S/C15H20N4O2/c1-10(16)11-4-12(13-7-18-19(3)8-13)6-14(5-11)21-9-15(20)17-2/h4-8,10H,9,16H2,1-3H3,(H,17,20)/t10-/m1/s1. The third-order valence-corrected chi connectivity index (χ3v) is 3.14. The van der Waals surface area contributed by atoms with Gasteiger partial charge in [0.1, 0.15) is 5.75 Å². The molecule has 1 atom stereocenters. The summed E-state index contributed by atoms with van der Waals surface area (Å²) in [6, 6.07) is 5.62. The summed E-state index contributed by atoms with van der Waals surface area (Å²) in [6.07, 6.45) is 3.70. The number of nitrogens with zero attached hydrogens (tertiary/aromatic N) is 2. The molecule has 2 rings (SSSR count). The van der Waals surface area contributed by atoms with Crippen molar-refractivity contribution in [3.05, 3.63) is 36.2 Å². The molecule has 1 aromatic carbocycles. The van der Waals surface area contributed by atoms with Crippen molar-refractivity contribution in [3.63, 3.8) is 0 Å². The number of aryl methyl sites for hydroxylation is 1. The predicted molar refractivity (Wildman–Crippen MR) is 80.8 cm³/mol. The second kappa shape index (κ2) is 6.41. The van der Waals surface area contributed by atoms with Gasteiger partial charge in [-0.1, -0.05) is 0 Å². The van der Waals surface area contributed by atoms with Gasteiger partial charge in [-0.2, -0.15) is 5.10 Å². The molecular weight excluding hydrogens is 268 g/mol. The quantitative estimate of drug-likeness (QED) is 0.867. The molecule has 0 fully saturated rings. The lowest BCUT2D eigenvalue weighted by atomic mass is 10.0. The van der Waals surface area contributed by atoms with Crippen molar-refractivity contribution in [1.29, 1.82) is 0 Å². The van der Waals surface area contributed by atoms with Crippen molar-refractivity contribution in [2.75, 3.05) is 13.7 Å². The molecule has 0 radical (unpaired) electrons. The van der Waals surface area contributed by atoms with E-state index < -0.39 is 0 Å². The fraction of sp³-hybridized carbons (Fsp3) is 0.333. The number of benzene rings is 1. The molecule has 0 aliphatic carbocycles. The normalized spacial score (nSPS) is 12.0. The zero-order valence-electron chi connectivity index (χ0n) is 12.5. The number of carbonyl (C=O) groups is 1. The first-order chi connectivity index (χ1) is 9.99. The zero-order valence-corrected chi connectivity index (χ0v) is 12.5. The second-order valence-electron chi connectivity index (χ2n) is 4.94. The Morgan fingerprint density at radius 2 is 2.19 bits per heavy atom.